The van der Waals surface area contributed by atoms with Crippen molar-refractivity contribution in [1.82, 2.24) is 0 Å². The minimum atomic E-state index is -1.72. The molecule has 2 aliphatic rings. The molecular formula is C65H110O14. The number of carbonyl (C=O) groups is 1. The molecule has 0 aromatic rings. The van der Waals surface area contributed by atoms with Crippen LogP contribution >= 0.6 is 0 Å². The van der Waals surface area contributed by atoms with Gasteiger partial charge in [-0.05, 0) is 96.3 Å². The van der Waals surface area contributed by atoms with Gasteiger partial charge in [-0.15, -0.1) is 0 Å². The molecule has 0 aromatic carbocycles. The lowest BCUT2D eigenvalue weighted by Gasteiger charge is -2.42. The van der Waals surface area contributed by atoms with Crippen LogP contribution in [0.4, 0.5) is 0 Å². The molecule has 7 N–H and O–H groups in total. The van der Waals surface area contributed by atoms with E-state index in [1.165, 1.54) is 77.0 Å². The van der Waals surface area contributed by atoms with Gasteiger partial charge in [0.2, 0.25) is 0 Å². The Morgan fingerprint density at radius 1 is 0.430 bits per heavy atom. The highest BCUT2D eigenvalue weighted by Gasteiger charge is 2.47. The molecule has 0 saturated carbocycles. The lowest BCUT2D eigenvalue weighted by Crippen LogP contribution is -2.61. The molecule has 0 amide bonds. The number of aliphatic hydroxyl groups is 7. The van der Waals surface area contributed by atoms with Crippen LogP contribution in [-0.2, 0) is 33.2 Å². The molecular weight excluding hydrogens is 1000 g/mol. The van der Waals surface area contributed by atoms with Gasteiger partial charge in [0.25, 0.3) is 0 Å². The molecule has 79 heavy (non-hydrogen) atoms. The minimum absolute atomic E-state index is 0.0468. The van der Waals surface area contributed by atoms with Crippen molar-refractivity contribution in [3.8, 4) is 0 Å². The van der Waals surface area contributed by atoms with Crippen molar-refractivity contribution in [2.75, 3.05) is 33.0 Å². The highest BCUT2D eigenvalue weighted by Crippen LogP contribution is 2.27. The van der Waals surface area contributed by atoms with E-state index in [9.17, 15) is 40.5 Å². The van der Waals surface area contributed by atoms with E-state index in [2.05, 4.69) is 111 Å². The maximum atomic E-state index is 13.1. The number of rotatable bonds is 49. The van der Waals surface area contributed by atoms with E-state index in [0.29, 0.717) is 13.0 Å². The van der Waals surface area contributed by atoms with Crippen LogP contribution in [0.2, 0.25) is 0 Å². The zero-order valence-electron chi connectivity index (χ0n) is 48.8. The third kappa shape index (κ3) is 36.9. The maximum Gasteiger partial charge on any atom is 0.306 e. The molecule has 0 aliphatic carbocycles. The predicted octanol–water partition coefficient (Wildman–Crippen LogP) is 11.7. The van der Waals surface area contributed by atoms with E-state index >= 15 is 0 Å². The number of allylic oxidation sites excluding steroid dienone is 16. The largest absolute Gasteiger partial charge is 0.457 e. The van der Waals surface area contributed by atoms with Crippen molar-refractivity contribution in [2.45, 2.75) is 274 Å². The van der Waals surface area contributed by atoms with Gasteiger partial charge in [-0.25, -0.2) is 0 Å². The third-order valence-electron chi connectivity index (χ3n) is 14.1. The molecule has 11 unspecified atom stereocenters. The standard InChI is InChI=1S/C65H110O14/c1-3-5-7-9-11-13-15-17-19-21-23-25-26-27-28-29-30-32-34-36-38-40-42-44-46-48-57(67)77-54(51-74-49-47-45-43-41-39-37-35-33-31-24-22-20-18-16-14-12-10-8-6-4-2)52-75-64-63(73)61(71)59(69)56(79-64)53-76-65-62(72)60(70)58(68)55(50-66)78-65/h5,7,11-14,17-20,23-25,27-28,31,54-56,58-66,68-73H,3-4,6,8-10,15-16,21-22,26,29-30,32-53H2,1-2H3/b7-5-,13-11-,14-12-,19-17-,20-18-,25-23-,28-27-,31-24-. The van der Waals surface area contributed by atoms with E-state index in [4.69, 9.17) is 28.4 Å². The summed E-state index contributed by atoms with van der Waals surface area (Å²) in [5.41, 5.74) is 0. The SMILES string of the molecule is CC/C=C\C/C=C\C/C=C\C/C=C\C/C=C\CCCCCCCCCCCC(=O)OC(COCCCCCCCCC/C=C\C/C=C\C/C=C\CCCCC)COC1OC(COC2OC(CO)C(O)C(O)C2O)C(O)C(O)C1O. The van der Waals surface area contributed by atoms with E-state index in [1.54, 1.807) is 0 Å². The zero-order chi connectivity index (χ0) is 57.2. The summed E-state index contributed by atoms with van der Waals surface area (Å²) in [6.07, 6.45) is 51.7. The Hall–Kier alpha value is -3.09. The van der Waals surface area contributed by atoms with Gasteiger partial charge in [-0.2, -0.15) is 0 Å². The molecule has 2 saturated heterocycles. The van der Waals surface area contributed by atoms with Gasteiger partial charge in [0.1, 0.15) is 54.9 Å². The molecule has 0 aromatic heterocycles. The lowest BCUT2D eigenvalue weighted by atomic mass is 9.98. The van der Waals surface area contributed by atoms with Gasteiger partial charge >= 0.3 is 5.97 Å². The van der Waals surface area contributed by atoms with Crippen LogP contribution < -0.4 is 0 Å². The second-order valence-electron chi connectivity index (χ2n) is 21.1. The van der Waals surface area contributed by atoms with Crippen LogP contribution in [0.3, 0.4) is 0 Å². The van der Waals surface area contributed by atoms with Gasteiger partial charge in [-0.1, -0.05) is 201 Å². The van der Waals surface area contributed by atoms with Crippen molar-refractivity contribution < 1.29 is 69.0 Å². The van der Waals surface area contributed by atoms with Crippen LogP contribution in [0.1, 0.15) is 206 Å². The quantitative estimate of drug-likeness (QED) is 0.0172. The Labute approximate surface area is 477 Å². The third-order valence-corrected chi connectivity index (χ3v) is 14.1. The summed E-state index contributed by atoms with van der Waals surface area (Å²) in [6.45, 7) is 3.52. The van der Waals surface area contributed by atoms with E-state index < -0.39 is 80.7 Å². The van der Waals surface area contributed by atoms with E-state index in [1.807, 2.05) is 0 Å². The van der Waals surface area contributed by atoms with Crippen LogP contribution in [0.15, 0.2) is 97.2 Å². The van der Waals surface area contributed by atoms with Crippen molar-refractivity contribution in [3.63, 3.8) is 0 Å². The zero-order valence-corrected chi connectivity index (χ0v) is 48.8. The van der Waals surface area contributed by atoms with Crippen LogP contribution in [0, 0.1) is 0 Å². The summed E-state index contributed by atoms with van der Waals surface area (Å²) < 4.78 is 34.4. The van der Waals surface area contributed by atoms with Gasteiger partial charge in [-0.3, -0.25) is 4.79 Å². The Kier molecular flexibility index (Phi) is 46.1. The molecule has 11 atom stereocenters. The van der Waals surface area contributed by atoms with Crippen LogP contribution in [-0.4, -0.2) is 142 Å². The van der Waals surface area contributed by atoms with Crippen molar-refractivity contribution in [2.24, 2.45) is 0 Å². The highest BCUT2D eigenvalue weighted by atomic mass is 16.7. The Morgan fingerprint density at radius 3 is 1.29 bits per heavy atom. The number of ether oxygens (including phenoxy) is 6. The topological polar surface area (TPSA) is 214 Å². The van der Waals surface area contributed by atoms with Crippen molar-refractivity contribution in [1.29, 1.82) is 0 Å². The first-order valence-electron chi connectivity index (χ1n) is 30.8. The molecule has 2 fully saturated rings. The monoisotopic (exact) mass is 1110 g/mol. The fourth-order valence-electron chi connectivity index (χ4n) is 9.14. The molecule has 2 rings (SSSR count). The summed E-state index contributed by atoms with van der Waals surface area (Å²) in [6, 6.07) is 0. The highest BCUT2D eigenvalue weighted by molar-refractivity contribution is 5.69. The first-order valence-corrected chi connectivity index (χ1v) is 30.8. The molecule has 0 radical (unpaired) electrons. The number of hydrogen-bond acceptors (Lipinski definition) is 14. The normalized spacial score (nSPS) is 24.7. The van der Waals surface area contributed by atoms with Gasteiger partial charge in [0, 0.05) is 13.0 Å². The molecule has 0 spiro atoms. The summed E-state index contributed by atoms with van der Waals surface area (Å²) >= 11 is 0. The number of esters is 1. The van der Waals surface area contributed by atoms with Crippen LogP contribution in [0.25, 0.3) is 0 Å². The first-order chi connectivity index (χ1) is 38.6. The van der Waals surface area contributed by atoms with Crippen LogP contribution in [0.5, 0.6) is 0 Å². The maximum absolute atomic E-state index is 13.1. The average Bonchev–Trinajstić information content (AvgIpc) is 3.46. The summed E-state index contributed by atoms with van der Waals surface area (Å²) in [4.78, 5) is 13.1. The Morgan fingerprint density at radius 2 is 0.823 bits per heavy atom. The molecule has 14 nitrogen and oxygen atoms in total. The number of aliphatic hydroxyl groups excluding tert-OH is 7. The summed E-state index contributed by atoms with van der Waals surface area (Å²) in [5.74, 6) is -0.389. The van der Waals surface area contributed by atoms with Crippen molar-refractivity contribution >= 4 is 5.97 Å². The van der Waals surface area contributed by atoms with Crippen molar-refractivity contribution in [3.05, 3.63) is 97.2 Å². The Balaban J connectivity index is 1.70. The fraction of sp³-hybridized carbons (Fsp3) is 0.738. The fourth-order valence-corrected chi connectivity index (χ4v) is 9.14. The number of unbranched alkanes of at least 4 members (excludes halogenated alkanes) is 19. The Bertz CT molecular complexity index is 1670. The molecule has 2 aliphatic heterocycles. The number of hydrogen-bond donors (Lipinski definition) is 7. The second kappa shape index (κ2) is 50.6. The van der Waals surface area contributed by atoms with Gasteiger partial charge in [0.15, 0.2) is 12.6 Å². The summed E-state index contributed by atoms with van der Waals surface area (Å²) in [7, 11) is 0. The predicted molar refractivity (Wildman–Crippen MR) is 316 cm³/mol. The van der Waals surface area contributed by atoms with E-state index in [0.717, 1.165) is 103 Å². The average molecular weight is 1120 g/mol. The second-order valence-corrected chi connectivity index (χ2v) is 21.1. The van der Waals surface area contributed by atoms with Gasteiger partial charge < -0.3 is 64.2 Å². The molecule has 14 heteroatoms. The minimum Gasteiger partial charge on any atom is -0.457 e. The molecule has 2 heterocycles. The first kappa shape index (κ1) is 72.0. The molecule has 454 valence electrons. The van der Waals surface area contributed by atoms with Gasteiger partial charge in [0.05, 0.1) is 26.4 Å². The molecule has 0 bridgehead atoms. The van der Waals surface area contributed by atoms with E-state index in [-0.39, 0.29) is 25.6 Å². The smallest absolute Gasteiger partial charge is 0.306 e. The lowest BCUT2D eigenvalue weighted by molar-refractivity contribution is -0.332. The summed E-state index contributed by atoms with van der Waals surface area (Å²) in [5, 5.41) is 72.5. The number of carbonyl (C=O) groups excluding carboxylic acids is 1.